The number of hydrogen-bond acceptors (Lipinski definition) is 3. The average Bonchev–Trinajstić information content (AvgIpc) is 2.43. The Labute approximate surface area is 107 Å². The Morgan fingerprint density at radius 1 is 1.28 bits per heavy atom. The van der Waals surface area contributed by atoms with Crippen LogP contribution in [0.5, 0.6) is 0 Å². The fourth-order valence-electron chi connectivity index (χ4n) is 2.10. The van der Waals surface area contributed by atoms with E-state index in [1.165, 1.54) is 0 Å². The van der Waals surface area contributed by atoms with Gasteiger partial charge in [0.25, 0.3) is 0 Å². The summed E-state index contributed by atoms with van der Waals surface area (Å²) in [5.41, 5.74) is 0.971. The summed E-state index contributed by atoms with van der Waals surface area (Å²) in [7, 11) is 1.70. The monoisotopic (exact) mass is 245 g/mol. The third kappa shape index (κ3) is 2.86. The van der Waals surface area contributed by atoms with E-state index in [2.05, 4.69) is 4.98 Å². The van der Waals surface area contributed by atoms with Gasteiger partial charge in [0, 0.05) is 24.9 Å². The van der Waals surface area contributed by atoms with Gasteiger partial charge in [0.1, 0.15) is 0 Å². The minimum absolute atomic E-state index is 0.177. The standard InChI is InChI=1S/C15H19NO2/c1-11(18-2)6-7-15(17)14-5-3-4-12-10-16-9-8-13(12)14/h3-5,8-11,15,17H,6-7H2,1-2H3. The first kappa shape index (κ1) is 13.0. The molecule has 3 heteroatoms. The zero-order chi connectivity index (χ0) is 13.0. The summed E-state index contributed by atoms with van der Waals surface area (Å²) in [6.07, 6.45) is 4.86. The van der Waals surface area contributed by atoms with Crippen molar-refractivity contribution >= 4 is 10.8 Å². The van der Waals surface area contributed by atoms with Crippen molar-refractivity contribution in [2.24, 2.45) is 0 Å². The summed E-state index contributed by atoms with van der Waals surface area (Å²) >= 11 is 0. The van der Waals surface area contributed by atoms with Crippen LogP contribution in [0.4, 0.5) is 0 Å². The maximum atomic E-state index is 10.3. The summed E-state index contributed by atoms with van der Waals surface area (Å²) in [4.78, 5) is 4.10. The second kappa shape index (κ2) is 5.94. The Bertz CT molecular complexity index is 507. The van der Waals surface area contributed by atoms with Crippen LogP contribution < -0.4 is 0 Å². The third-order valence-corrected chi connectivity index (χ3v) is 3.32. The van der Waals surface area contributed by atoms with E-state index in [-0.39, 0.29) is 6.10 Å². The molecule has 0 fully saturated rings. The quantitative estimate of drug-likeness (QED) is 0.880. The number of aromatic nitrogens is 1. The van der Waals surface area contributed by atoms with Gasteiger partial charge in [0.05, 0.1) is 12.2 Å². The van der Waals surface area contributed by atoms with Gasteiger partial charge in [-0.2, -0.15) is 0 Å². The zero-order valence-corrected chi connectivity index (χ0v) is 10.8. The molecular weight excluding hydrogens is 226 g/mol. The molecular formula is C15H19NO2. The van der Waals surface area contributed by atoms with Crippen LogP contribution in [0.2, 0.25) is 0 Å². The van der Waals surface area contributed by atoms with Gasteiger partial charge in [0.15, 0.2) is 0 Å². The largest absolute Gasteiger partial charge is 0.388 e. The Kier molecular flexibility index (Phi) is 4.28. The first-order valence-corrected chi connectivity index (χ1v) is 6.26. The van der Waals surface area contributed by atoms with Crippen LogP contribution in [0.25, 0.3) is 10.8 Å². The number of nitrogens with zero attached hydrogens (tertiary/aromatic N) is 1. The highest BCUT2D eigenvalue weighted by Gasteiger charge is 2.12. The van der Waals surface area contributed by atoms with Crippen LogP contribution in [-0.4, -0.2) is 23.3 Å². The zero-order valence-electron chi connectivity index (χ0n) is 10.8. The molecule has 2 rings (SSSR count). The number of rotatable bonds is 5. The van der Waals surface area contributed by atoms with Gasteiger partial charge in [0.2, 0.25) is 0 Å². The predicted molar refractivity (Wildman–Crippen MR) is 72.4 cm³/mol. The molecule has 0 aliphatic rings. The van der Waals surface area contributed by atoms with Crippen molar-refractivity contribution in [1.82, 2.24) is 4.98 Å². The summed E-state index contributed by atoms with van der Waals surface area (Å²) in [6, 6.07) is 7.90. The molecule has 2 unspecified atom stereocenters. The summed E-state index contributed by atoms with van der Waals surface area (Å²) in [5.74, 6) is 0. The topological polar surface area (TPSA) is 42.4 Å². The lowest BCUT2D eigenvalue weighted by atomic mass is 9.98. The van der Waals surface area contributed by atoms with Crippen LogP contribution in [0.15, 0.2) is 36.7 Å². The molecule has 0 bridgehead atoms. The minimum Gasteiger partial charge on any atom is -0.388 e. The highest BCUT2D eigenvalue weighted by Crippen LogP contribution is 2.26. The SMILES string of the molecule is COC(C)CCC(O)c1cccc2cnccc12. The second-order valence-corrected chi connectivity index (χ2v) is 4.58. The maximum absolute atomic E-state index is 10.3. The number of methoxy groups -OCH3 is 1. The molecule has 2 atom stereocenters. The maximum Gasteiger partial charge on any atom is 0.0797 e. The van der Waals surface area contributed by atoms with Crippen LogP contribution in [0.1, 0.15) is 31.4 Å². The van der Waals surface area contributed by atoms with Crippen LogP contribution in [-0.2, 0) is 4.74 Å². The number of ether oxygens (including phenoxy) is 1. The molecule has 0 aliphatic carbocycles. The van der Waals surface area contributed by atoms with Gasteiger partial charge in [-0.25, -0.2) is 0 Å². The van der Waals surface area contributed by atoms with Crippen LogP contribution in [0.3, 0.4) is 0 Å². The molecule has 0 saturated heterocycles. The Balaban J connectivity index is 2.19. The van der Waals surface area contributed by atoms with Crippen molar-refractivity contribution < 1.29 is 9.84 Å². The van der Waals surface area contributed by atoms with Crippen molar-refractivity contribution in [3.05, 3.63) is 42.2 Å². The molecule has 0 amide bonds. The molecule has 96 valence electrons. The van der Waals surface area contributed by atoms with E-state index in [0.717, 1.165) is 22.8 Å². The first-order valence-electron chi connectivity index (χ1n) is 6.26. The molecule has 3 nitrogen and oxygen atoms in total. The van der Waals surface area contributed by atoms with Crippen molar-refractivity contribution in [2.75, 3.05) is 7.11 Å². The highest BCUT2D eigenvalue weighted by atomic mass is 16.5. The number of pyridine rings is 1. The Morgan fingerprint density at radius 2 is 2.11 bits per heavy atom. The van der Waals surface area contributed by atoms with E-state index in [1.54, 1.807) is 13.3 Å². The van der Waals surface area contributed by atoms with Gasteiger partial charge in [-0.15, -0.1) is 0 Å². The molecule has 0 radical (unpaired) electrons. The lowest BCUT2D eigenvalue weighted by Gasteiger charge is -2.15. The van der Waals surface area contributed by atoms with E-state index in [1.807, 2.05) is 37.4 Å². The van der Waals surface area contributed by atoms with Gasteiger partial charge in [-0.1, -0.05) is 18.2 Å². The first-order chi connectivity index (χ1) is 8.72. The molecule has 1 N–H and O–H groups in total. The molecule has 2 aromatic rings. The van der Waals surface area contributed by atoms with E-state index in [4.69, 9.17) is 4.74 Å². The van der Waals surface area contributed by atoms with Crippen LogP contribution in [0, 0.1) is 0 Å². The molecule has 1 heterocycles. The number of hydrogen-bond donors (Lipinski definition) is 1. The number of aliphatic hydroxyl groups is 1. The normalized spacial score (nSPS) is 14.6. The lowest BCUT2D eigenvalue weighted by molar-refractivity contribution is 0.0855. The average molecular weight is 245 g/mol. The van der Waals surface area contributed by atoms with Crippen molar-refractivity contribution in [3.8, 4) is 0 Å². The Morgan fingerprint density at radius 3 is 2.89 bits per heavy atom. The van der Waals surface area contributed by atoms with Gasteiger partial charge < -0.3 is 9.84 Å². The van der Waals surface area contributed by atoms with Crippen molar-refractivity contribution in [1.29, 1.82) is 0 Å². The smallest absolute Gasteiger partial charge is 0.0797 e. The van der Waals surface area contributed by atoms with E-state index < -0.39 is 6.10 Å². The van der Waals surface area contributed by atoms with E-state index >= 15 is 0 Å². The van der Waals surface area contributed by atoms with Crippen LogP contribution >= 0.6 is 0 Å². The summed E-state index contributed by atoms with van der Waals surface area (Å²) in [6.45, 7) is 2.01. The fraction of sp³-hybridized carbons (Fsp3) is 0.400. The minimum atomic E-state index is -0.450. The van der Waals surface area contributed by atoms with E-state index in [0.29, 0.717) is 6.42 Å². The van der Waals surface area contributed by atoms with Gasteiger partial charge in [-0.05, 0) is 36.8 Å². The lowest BCUT2D eigenvalue weighted by Crippen LogP contribution is -2.08. The van der Waals surface area contributed by atoms with Crippen molar-refractivity contribution in [2.45, 2.75) is 32.0 Å². The number of aliphatic hydroxyl groups excluding tert-OH is 1. The number of benzene rings is 1. The molecule has 0 spiro atoms. The Hall–Kier alpha value is -1.45. The summed E-state index contributed by atoms with van der Waals surface area (Å²) in [5, 5.41) is 12.4. The third-order valence-electron chi connectivity index (χ3n) is 3.32. The molecule has 1 aromatic carbocycles. The summed E-state index contributed by atoms with van der Waals surface area (Å²) < 4.78 is 5.20. The molecule has 1 aromatic heterocycles. The highest BCUT2D eigenvalue weighted by molar-refractivity contribution is 5.85. The van der Waals surface area contributed by atoms with Gasteiger partial charge in [-0.3, -0.25) is 4.98 Å². The fourth-order valence-corrected chi connectivity index (χ4v) is 2.10. The molecule has 18 heavy (non-hydrogen) atoms. The van der Waals surface area contributed by atoms with Crippen molar-refractivity contribution in [3.63, 3.8) is 0 Å². The predicted octanol–water partition coefficient (Wildman–Crippen LogP) is 3.08. The van der Waals surface area contributed by atoms with E-state index in [9.17, 15) is 5.11 Å². The molecule has 0 saturated carbocycles. The number of fused-ring (bicyclic) bond motifs is 1. The molecule has 0 aliphatic heterocycles. The van der Waals surface area contributed by atoms with Gasteiger partial charge >= 0.3 is 0 Å². The second-order valence-electron chi connectivity index (χ2n) is 4.58.